The molecule has 146 valence electrons. The molecule has 2 atom stereocenters. The van der Waals surface area contributed by atoms with Crippen molar-refractivity contribution in [2.75, 3.05) is 19.6 Å². The van der Waals surface area contributed by atoms with E-state index in [-0.39, 0.29) is 42.3 Å². The van der Waals surface area contributed by atoms with Crippen molar-refractivity contribution < 1.29 is 18.3 Å². The summed E-state index contributed by atoms with van der Waals surface area (Å²) in [7, 11) is 0. The van der Waals surface area contributed by atoms with Crippen molar-refractivity contribution in [1.82, 2.24) is 4.90 Å². The molecule has 2 aromatic rings. The third kappa shape index (κ3) is 5.40. The van der Waals surface area contributed by atoms with E-state index in [2.05, 4.69) is 16.9 Å². The van der Waals surface area contributed by atoms with Crippen LogP contribution in [-0.4, -0.2) is 37.1 Å². The van der Waals surface area contributed by atoms with Crippen LogP contribution in [0.2, 0.25) is 0 Å². The third-order valence-electron chi connectivity index (χ3n) is 4.83. The van der Waals surface area contributed by atoms with Gasteiger partial charge in [0.25, 0.3) is 0 Å². The van der Waals surface area contributed by atoms with Gasteiger partial charge in [-0.25, -0.2) is 0 Å². The van der Waals surface area contributed by atoms with Crippen LogP contribution in [0.1, 0.15) is 17.0 Å². The van der Waals surface area contributed by atoms with E-state index in [0.717, 1.165) is 5.56 Å². The third-order valence-corrected chi connectivity index (χ3v) is 4.83. The molecule has 1 aliphatic rings. The molecule has 1 saturated heterocycles. The number of benzene rings is 2. The Kier molecular flexibility index (Phi) is 7.56. The van der Waals surface area contributed by atoms with Crippen LogP contribution in [0, 0.1) is 5.92 Å². The average Bonchev–Trinajstić information content (AvgIpc) is 3.08. The predicted octanol–water partition coefficient (Wildman–Crippen LogP) is 3.45. The molecule has 0 radical (unpaired) electrons. The Morgan fingerprint density at radius 2 is 1.78 bits per heavy atom. The highest BCUT2D eigenvalue weighted by Gasteiger charge is 2.35. The van der Waals surface area contributed by atoms with E-state index >= 15 is 0 Å². The van der Waals surface area contributed by atoms with Gasteiger partial charge in [-0.15, -0.1) is 12.4 Å². The molecule has 1 aliphatic heterocycles. The number of nitrogens with zero attached hydrogens (tertiary/aromatic N) is 1. The molecule has 1 amide bonds. The summed E-state index contributed by atoms with van der Waals surface area (Å²) in [4.78, 5) is 14.5. The van der Waals surface area contributed by atoms with E-state index in [4.69, 9.17) is 5.73 Å². The lowest BCUT2D eigenvalue weighted by atomic mass is 9.89. The van der Waals surface area contributed by atoms with Crippen LogP contribution in [0.25, 0.3) is 0 Å². The van der Waals surface area contributed by atoms with Crippen LogP contribution >= 0.6 is 12.4 Å². The highest BCUT2D eigenvalue weighted by atomic mass is 35.5. The number of ether oxygens (including phenoxy) is 1. The number of hydrogen-bond donors (Lipinski definition) is 1. The number of likely N-dealkylation sites (tertiary alicyclic amines) is 1. The van der Waals surface area contributed by atoms with Crippen LogP contribution in [0.15, 0.2) is 54.6 Å². The van der Waals surface area contributed by atoms with Crippen LogP contribution in [0.4, 0.5) is 8.78 Å². The van der Waals surface area contributed by atoms with Gasteiger partial charge in [0.05, 0.1) is 6.42 Å². The maximum absolute atomic E-state index is 12.6. The Morgan fingerprint density at radius 3 is 2.37 bits per heavy atom. The van der Waals surface area contributed by atoms with Crippen molar-refractivity contribution in [3.05, 3.63) is 65.7 Å². The predicted molar refractivity (Wildman–Crippen MR) is 102 cm³/mol. The molecule has 0 aromatic heterocycles. The number of carbonyl (C=O) groups excluding carboxylic acids is 1. The molecule has 0 bridgehead atoms. The van der Waals surface area contributed by atoms with Crippen molar-refractivity contribution in [2.45, 2.75) is 19.0 Å². The first-order valence-electron chi connectivity index (χ1n) is 8.63. The normalized spacial score (nSPS) is 19.0. The summed E-state index contributed by atoms with van der Waals surface area (Å²) in [5.74, 6) is 0.587. The van der Waals surface area contributed by atoms with Gasteiger partial charge in [0, 0.05) is 19.0 Å². The Morgan fingerprint density at radius 1 is 1.11 bits per heavy atom. The first-order chi connectivity index (χ1) is 12.6. The number of rotatable bonds is 6. The fraction of sp³-hybridized carbons (Fsp3) is 0.350. The lowest BCUT2D eigenvalue weighted by Gasteiger charge is -2.17. The number of carbonyl (C=O) groups is 1. The Balaban J connectivity index is 0.00000261. The van der Waals surface area contributed by atoms with Gasteiger partial charge < -0.3 is 15.4 Å². The number of amides is 1. The average molecular weight is 397 g/mol. The molecule has 4 nitrogen and oxygen atoms in total. The van der Waals surface area contributed by atoms with Gasteiger partial charge in [0.2, 0.25) is 5.91 Å². The summed E-state index contributed by atoms with van der Waals surface area (Å²) in [6.45, 7) is -1.03. The minimum absolute atomic E-state index is 0. The molecule has 27 heavy (non-hydrogen) atoms. The van der Waals surface area contributed by atoms with Crippen molar-refractivity contribution in [3.8, 4) is 5.75 Å². The summed E-state index contributed by atoms with van der Waals surface area (Å²) in [6, 6.07) is 16.3. The van der Waals surface area contributed by atoms with Crippen LogP contribution in [-0.2, 0) is 11.2 Å². The molecular formula is C20H23ClF2N2O2. The lowest BCUT2D eigenvalue weighted by molar-refractivity contribution is -0.129. The molecule has 0 aliphatic carbocycles. The van der Waals surface area contributed by atoms with E-state index < -0.39 is 6.61 Å². The molecule has 0 spiro atoms. The molecule has 2 N–H and O–H groups in total. The fourth-order valence-corrected chi connectivity index (χ4v) is 3.47. The molecule has 3 rings (SSSR count). The lowest BCUT2D eigenvalue weighted by Crippen LogP contribution is -2.31. The molecule has 1 heterocycles. The van der Waals surface area contributed by atoms with E-state index in [0.29, 0.717) is 19.6 Å². The molecule has 2 aromatic carbocycles. The van der Waals surface area contributed by atoms with Gasteiger partial charge >= 0.3 is 6.61 Å². The smallest absolute Gasteiger partial charge is 0.387 e. The second-order valence-corrected chi connectivity index (χ2v) is 6.51. The van der Waals surface area contributed by atoms with Crippen molar-refractivity contribution >= 4 is 18.3 Å². The quantitative estimate of drug-likeness (QED) is 0.813. The van der Waals surface area contributed by atoms with Gasteiger partial charge in [-0.3, -0.25) is 4.79 Å². The van der Waals surface area contributed by atoms with Gasteiger partial charge in [0.15, 0.2) is 0 Å². The number of halogens is 3. The van der Waals surface area contributed by atoms with Gasteiger partial charge in [-0.2, -0.15) is 8.78 Å². The monoisotopic (exact) mass is 396 g/mol. The summed E-state index contributed by atoms with van der Waals surface area (Å²) < 4.78 is 28.7. The molecule has 0 saturated carbocycles. The second-order valence-electron chi connectivity index (χ2n) is 6.51. The summed E-state index contributed by atoms with van der Waals surface area (Å²) >= 11 is 0. The van der Waals surface area contributed by atoms with Gasteiger partial charge in [0.1, 0.15) is 5.75 Å². The van der Waals surface area contributed by atoms with Crippen LogP contribution in [0.5, 0.6) is 5.75 Å². The summed E-state index contributed by atoms with van der Waals surface area (Å²) in [5, 5.41) is 0. The molecule has 1 fully saturated rings. The Hall–Kier alpha value is -2.18. The standard InChI is InChI=1S/C20H22F2N2O2.ClH/c21-20(22)26-17-8-6-14(7-9-17)10-19(25)24-12-16(11-23)18(13-24)15-4-2-1-3-5-15;/h1-9,16,18,20H,10-13,23H2;1H/t16-,18+;/m1./s1. The zero-order chi connectivity index (χ0) is 18.5. The SMILES string of the molecule is Cl.NC[C@@H]1CN(C(=O)Cc2ccc(OC(F)F)cc2)C[C@H]1c1ccccc1. The minimum Gasteiger partial charge on any atom is -0.435 e. The summed E-state index contributed by atoms with van der Waals surface area (Å²) in [6.07, 6.45) is 0.230. The van der Waals surface area contributed by atoms with Crippen molar-refractivity contribution in [3.63, 3.8) is 0 Å². The molecular weight excluding hydrogens is 374 g/mol. The van der Waals surface area contributed by atoms with Crippen molar-refractivity contribution in [1.29, 1.82) is 0 Å². The summed E-state index contributed by atoms with van der Waals surface area (Å²) in [5.41, 5.74) is 7.89. The first-order valence-corrected chi connectivity index (χ1v) is 8.63. The minimum atomic E-state index is -2.85. The van der Waals surface area contributed by atoms with Gasteiger partial charge in [-0.05, 0) is 35.7 Å². The Labute approximate surface area is 163 Å². The van der Waals surface area contributed by atoms with Crippen molar-refractivity contribution in [2.24, 2.45) is 11.7 Å². The molecule has 7 heteroatoms. The zero-order valence-electron chi connectivity index (χ0n) is 14.8. The zero-order valence-corrected chi connectivity index (χ0v) is 15.6. The number of hydrogen-bond acceptors (Lipinski definition) is 3. The number of nitrogens with two attached hydrogens (primary N) is 1. The van der Waals surface area contributed by atoms with E-state index in [1.807, 2.05) is 23.1 Å². The highest BCUT2D eigenvalue weighted by molar-refractivity contribution is 5.85. The van der Waals surface area contributed by atoms with E-state index in [1.54, 1.807) is 12.1 Å². The van der Waals surface area contributed by atoms with Crippen LogP contribution in [0.3, 0.4) is 0 Å². The maximum atomic E-state index is 12.6. The highest BCUT2D eigenvalue weighted by Crippen LogP contribution is 2.32. The fourth-order valence-electron chi connectivity index (χ4n) is 3.47. The van der Waals surface area contributed by atoms with E-state index in [1.165, 1.54) is 17.7 Å². The van der Waals surface area contributed by atoms with E-state index in [9.17, 15) is 13.6 Å². The molecule has 0 unspecified atom stereocenters. The van der Waals surface area contributed by atoms with Crippen LogP contribution < -0.4 is 10.5 Å². The number of alkyl halides is 2. The maximum Gasteiger partial charge on any atom is 0.387 e. The Bertz CT molecular complexity index is 729. The van der Waals surface area contributed by atoms with Gasteiger partial charge in [-0.1, -0.05) is 42.5 Å². The topological polar surface area (TPSA) is 55.6 Å². The second kappa shape index (κ2) is 9.67. The first kappa shape index (κ1) is 21.1. The largest absolute Gasteiger partial charge is 0.435 e.